The van der Waals surface area contributed by atoms with Gasteiger partial charge in [0.2, 0.25) is 0 Å². The number of rotatable bonds is 9. The number of nitrogens with zero attached hydrogens (tertiary/aromatic N) is 2. The second kappa shape index (κ2) is 10.5. The molecule has 1 heterocycles. The number of carboxylic acids is 1. The van der Waals surface area contributed by atoms with E-state index in [1.54, 1.807) is 12.1 Å². The SMILES string of the molecule is CSCCC(NC(=O)c1nc(SCc2ccc(F)cc2)ncc1Cl)C(=O)O. The third kappa shape index (κ3) is 6.67. The van der Waals surface area contributed by atoms with Crippen molar-refractivity contribution in [1.29, 1.82) is 0 Å². The Kier molecular flexibility index (Phi) is 8.33. The summed E-state index contributed by atoms with van der Waals surface area (Å²) in [5.41, 5.74) is 0.789. The molecular formula is C17H17ClFN3O3S2. The van der Waals surface area contributed by atoms with Crippen molar-refractivity contribution < 1.29 is 19.1 Å². The summed E-state index contributed by atoms with van der Waals surface area (Å²) in [6.45, 7) is 0. The van der Waals surface area contributed by atoms with E-state index < -0.39 is 17.9 Å². The average molecular weight is 430 g/mol. The van der Waals surface area contributed by atoms with Crippen molar-refractivity contribution in [1.82, 2.24) is 15.3 Å². The minimum Gasteiger partial charge on any atom is -0.480 e. The lowest BCUT2D eigenvalue weighted by Gasteiger charge is -2.14. The van der Waals surface area contributed by atoms with Gasteiger partial charge in [-0.25, -0.2) is 19.2 Å². The lowest BCUT2D eigenvalue weighted by Crippen LogP contribution is -2.41. The zero-order valence-corrected chi connectivity index (χ0v) is 16.7. The fraction of sp³-hybridized carbons (Fsp3) is 0.294. The largest absolute Gasteiger partial charge is 0.480 e. The molecular weight excluding hydrogens is 413 g/mol. The molecule has 2 N–H and O–H groups in total. The third-order valence-electron chi connectivity index (χ3n) is 3.43. The standard InChI is InChI=1S/C17H17ClFN3O3S2/c1-26-7-6-13(16(24)25)21-15(23)14-12(18)8-20-17(22-14)27-9-10-2-4-11(19)5-3-10/h2-5,8,13H,6-7,9H2,1H3,(H,21,23)(H,24,25). The molecule has 2 aromatic rings. The van der Waals surface area contributed by atoms with Crippen LogP contribution in [0.1, 0.15) is 22.5 Å². The number of halogens is 2. The van der Waals surface area contributed by atoms with Gasteiger partial charge in [-0.15, -0.1) is 0 Å². The van der Waals surface area contributed by atoms with Crippen LogP contribution in [-0.2, 0) is 10.5 Å². The average Bonchev–Trinajstić information content (AvgIpc) is 2.65. The van der Waals surface area contributed by atoms with Gasteiger partial charge >= 0.3 is 5.97 Å². The molecule has 1 amide bonds. The highest BCUT2D eigenvalue weighted by Gasteiger charge is 2.23. The summed E-state index contributed by atoms with van der Waals surface area (Å²) in [5.74, 6) is -1.03. The lowest BCUT2D eigenvalue weighted by atomic mass is 10.2. The molecule has 0 saturated carbocycles. The number of nitrogens with one attached hydrogen (secondary N) is 1. The maximum Gasteiger partial charge on any atom is 0.326 e. The fourth-order valence-electron chi connectivity index (χ4n) is 2.03. The molecule has 0 saturated heterocycles. The van der Waals surface area contributed by atoms with Crippen molar-refractivity contribution in [2.75, 3.05) is 12.0 Å². The van der Waals surface area contributed by atoms with Crippen molar-refractivity contribution in [3.63, 3.8) is 0 Å². The van der Waals surface area contributed by atoms with E-state index in [0.29, 0.717) is 16.7 Å². The number of thioether (sulfide) groups is 2. The first kappa shape index (κ1) is 21.5. The van der Waals surface area contributed by atoms with Gasteiger partial charge in [-0.05, 0) is 36.1 Å². The highest BCUT2D eigenvalue weighted by Crippen LogP contribution is 2.22. The maximum absolute atomic E-state index is 12.9. The molecule has 0 aliphatic carbocycles. The Morgan fingerprint density at radius 1 is 1.33 bits per heavy atom. The first-order valence-corrected chi connectivity index (χ1v) is 10.6. The molecule has 1 unspecified atom stereocenters. The number of aromatic nitrogens is 2. The van der Waals surface area contributed by atoms with Crippen LogP contribution in [0.25, 0.3) is 0 Å². The number of carbonyl (C=O) groups is 2. The van der Waals surface area contributed by atoms with E-state index in [1.807, 2.05) is 6.26 Å². The van der Waals surface area contributed by atoms with Crippen molar-refractivity contribution in [2.45, 2.75) is 23.4 Å². The van der Waals surface area contributed by atoms with E-state index in [0.717, 1.165) is 5.56 Å². The molecule has 0 spiro atoms. The normalized spacial score (nSPS) is 11.8. The lowest BCUT2D eigenvalue weighted by molar-refractivity contribution is -0.139. The predicted molar refractivity (Wildman–Crippen MR) is 105 cm³/mol. The Hall–Kier alpha value is -1.84. The highest BCUT2D eigenvalue weighted by atomic mass is 35.5. The molecule has 0 radical (unpaired) electrons. The second-order valence-corrected chi connectivity index (χ2v) is 7.75. The minimum absolute atomic E-state index is 0.0348. The van der Waals surface area contributed by atoms with Gasteiger partial charge in [-0.3, -0.25) is 4.79 Å². The molecule has 1 atom stereocenters. The molecule has 27 heavy (non-hydrogen) atoms. The van der Waals surface area contributed by atoms with Crippen LogP contribution in [0.2, 0.25) is 5.02 Å². The van der Waals surface area contributed by atoms with Gasteiger partial charge in [0, 0.05) is 5.75 Å². The van der Waals surface area contributed by atoms with Gasteiger partial charge in [0.15, 0.2) is 10.9 Å². The number of hydrogen-bond donors (Lipinski definition) is 2. The van der Waals surface area contributed by atoms with E-state index in [1.165, 1.54) is 41.9 Å². The molecule has 1 aromatic carbocycles. The minimum atomic E-state index is -1.12. The summed E-state index contributed by atoms with van der Waals surface area (Å²) in [7, 11) is 0. The monoisotopic (exact) mass is 429 g/mol. The van der Waals surface area contributed by atoms with Crippen LogP contribution in [0.5, 0.6) is 0 Å². The van der Waals surface area contributed by atoms with Crippen LogP contribution in [-0.4, -0.2) is 45.0 Å². The third-order valence-corrected chi connectivity index (χ3v) is 5.29. The van der Waals surface area contributed by atoms with Crippen molar-refractivity contribution in [3.05, 3.63) is 52.6 Å². The number of aliphatic carboxylic acids is 1. The smallest absolute Gasteiger partial charge is 0.326 e. The fourth-order valence-corrected chi connectivity index (χ4v) is 3.45. The Labute approximate surface area is 169 Å². The van der Waals surface area contributed by atoms with E-state index >= 15 is 0 Å². The van der Waals surface area contributed by atoms with Crippen LogP contribution >= 0.6 is 35.1 Å². The quantitative estimate of drug-likeness (QED) is 0.465. The summed E-state index contributed by atoms with van der Waals surface area (Å²) in [6, 6.07) is 4.99. The maximum atomic E-state index is 12.9. The van der Waals surface area contributed by atoms with Crippen LogP contribution in [0.15, 0.2) is 35.6 Å². The zero-order valence-electron chi connectivity index (χ0n) is 14.3. The molecule has 10 heteroatoms. The number of carbonyl (C=O) groups excluding carboxylic acids is 1. The number of benzene rings is 1. The molecule has 0 aliphatic heterocycles. The van der Waals surface area contributed by atoms with E-state index in [-0.39, 0.29) is 23.0 Å². The molecule has 1 aromatic heterocycles. The van der Waals surface area contributed by atoms with E-state index in [9.17, 15) is 19.1 Å². The van der Waals surface area contributed by atoms with Gasteiger partial charge in [-0.2, -0.15) is 11.8 Å². The van der Waals surface area contributed by atoms with Crippen molar-refractivity contribution in [3.8, 4) is 0 Å². The van der Waals surface area contributed by atoms with Crippen molar-refractivity contribution >= 4 is 47.0 Å². The van der Waals surface area contributed by atoms with Gasteiger partial charge < -0.3 is 10.4 Å². The molecule has 0 bridgehead atoms. The Balaban J connectivity index is 2.07. The molecule has 2 rings (SSSR count). The molecule has 6 nitrogen and oxygen atoms in total. The van der Waals surface area contributed by atoms with Gasteiger partial charge in [0.05, 0.1) is 11.2 Å². The predicted octanol–water partition coefficient (Wildman–Crippen LogP) is 3.50. The highest BCUT2D eigenvalue weighted by molar-refractivity contribution is 7.98. The topological polar surface area (TPSA) is 92.2 Å². The number of amides is 1. The second-order valence-electron chi connectivity index (χ2n) is 5.41. The Bertz CT molecular complexity index is 809. The Morgan fingerprint density at radius 2 is 2.04 bits per heavy atom. The van der Waals surface area contributed by atoms with Crippen LogP contribution in [0, 0.1) is 5.82 Å². The van der Waals surface area contributed by atoms with Gasteiger partial charge in [0.1, 0.15) is 11.9 Å². The van der Waals surface area contributed by atoms with Gasteiger partial charge in [0.25, 0.3) is 5.91 Å². The molecule has 0 aliphatic rings. The number of hydrogen-bond acceptors (Lipinski definition) is 6. The zero-order chi connectivity index (χ0) is 19.8. The van der Waals surface area contributed by atoms with Crippen LogP contribution in [0.4, 0.5) is 4.39 Å². The van der Waals surface area contributed by atoms with Crippen LogP contribution in [0.3, 0.4) is 0 Å². The van der Waals surface area contributed by atoms with Crippen molar-refractivity contribution in [2.24, 2.45) is 0 Å². The van der Waals surface area contributed by atoms with E-state index in [4.69, 9.17) is 11.6 Å². The Morgan fingerprint density at radius 3 is 2.67 bits per heavy atom. The summed E-state index contributed by atoms with van der Waals surface area (Å²) < 4.78 is 12.9. The summed E-state index contributed by atoms with van der Waals surface area (Å²) in [6.07, 6.45) is 3.44. The summed E-state index contributed by atoms with van der Waals surface area (Å²) in [4.78, 5) is 31.9. The summed E-state index contributed by atoms with van der Waals surface area (Å²) >= 11 is 8.75. The first-order valence-electron chi connectivity index (χ1n) is 7.83. The molecule has 0 fully saturated rings. The van der Waals surface area contributed by atoms with Gasteiger partial charge in [-0.1, -0.05) is 35.5 Å². The van der Waals surface area contributed by atoms with Crippen LogP contribution < -0.4 is 5.32 Å². The first-order chi connectivity index (χ1) is 12.9. The molecule has 144 valence electrons. The summed E-state index contributed by atoms with van der Waals surface area (Å²) in [5, 5.41) is 12.0. The van der Waals surface area contributed by atoms with E-state index in [2.05, 4.69) is 15.3 Å². The number of carboxylic acid groups (broad SMARTS) is 1.